The van der Waals surface area contributed by atoms with E-state index >= 15 is 0 Å². The molecule has 0 bridgehead atoms. The standard InChI is InChI=1S/C22H25F2N3O4/c1-30-18-8-7-16(12-19(18)31-22(23)24)26-9-10-27(21(29)13-20(25)28)17(14-26)11-15-5-3-2-4-6-15/h2-8,12,17,22H,9-11,13-14H2,1H3,(H2,25,28). The number of carbonyl (C=O) groups is 2. The van der Waals surface area contributed by atoms with E-state index < -0.39 is 12.5 Å². The summed E-state index contributed by atoms with van der Waals surface area (Å²) in [5.41, 5.74) is 6.94. The minimum absolute atomic E-state index is 0.0538. The molecule has 2 aromatic rings. The number of nitrogens with zero attached hydrogens (tertiary/aromatic N) is 2. The number of carbonyl (C=O) groups excluding carboxylic acids is 2. The third-order valence-electron chi connectivity index (χ3n) is 5.17. The third-order valence-corrected chi connectivity index (χ3v) is 5.17. The van der Waals surface area contributed by atoms with E-state index in [4.69, 9.17) is 10.5 Å². The quantitative estimate of drug-likeness (QED) is 0.647. The highest BCUT2D eigenvalue weighted by molar-refractivity contribution is 5.96. The highest BCUT2D eigenvalue weighted by Crippen LogP contribution is 2.34. The summed E-state index contributed by atoms with van der Waals surface area (Å²) in [6.45, 7) is -1.67. The molecule has 1 aliphatic heterocycles. The van der Waals surface area contributed by atoms with Crippen molar-refractivity contribution in [3.63, 3.8) is 0 Å². The van der Waals surface area contributed by atoms with Gasteiger partial charge in [-0.25, -0.2) is 0 Å². The molecule has 1 aliphatic rings. The van der Waals surface area contributed by atoms with Gasteiger partial charge in [-0.15, -0.1) is 0 Å². The molecule has 2 amide bonds. The normalized spacial score (nSPS) is 16.3. The smallest absolute Gasteiger partial charge is 0.387 e. The number of ether oxygens (including phenoxy) is 2. The van der Waals surface area contributed by atoms with Crippen molar-refractivity contribution >= 4 is 17.5 Å². The van der Waals surface area contributed by atoms with Gasteiger partial charge in [0.1, 0.15) is 6.42 Å². The number of rotatable bonds is 8. The summed E-state index contributed by atoms with van der Waals surface area (Å²) in [6.07, 6.45) is 0.235. The minimum Gasteiger partial charge on any atom is -0.493 e. The molecule has 2 aromatic carbocycles. The van der Waals surface area contributed by atoms with Crippen LogP contribution in [0.1, 0.15) is 12.0 Å². The van der Waals surface area contributed by atoms with Crippen molar-refractivity contribution in [3.8, 4) is 11.5 Å². The molecule has 1 heterocycles. The second-order valence-electron chi connectivity index (χ2n) is 7.23. The van der Waals surface area contributed by atoms with Crippen molar-refractivity contribution in [2.24, 2.45) is 5.73 Å². The Balaban J connectivity index is 1.84. The Morgan fingerprint density at radius 1 is 1.13 bits per heavy atom. The molecule has 7 nitrogen and oxygen atoms in total. The van der Waals surface area contributed by atoms with Gasteiger partial charge in [0, 0.05) is 31.4 Å². The summed E-state index contributed by atoms with van der Waals surface area (Å²) in [4.78, 5) is 27.5. The zero-order valence-corrected chi connectivity index (χ0v) is 17.2. The molecule has 0 saturated carbocycles. The van der Waals surface area contributed by atoms with Crippen LogP contribution < -0.4 is 20.1 Å². The number of amides is 2. The number of anilines is 1. The molecule has 1 unspecified atom stereocenters. The number of piperazine rings is 1. The van der Waals surface area contributed by atoms with Gasteiger partial charge >= 0.3 is 6.61 Å². The maximum absolute atomic E-state index is 12.8. The van der Waals surface area contributed by atoms with E-state index in [1.165, 1.54) is 13.2 Å². The van der Waals surface area contributed by atoms with Crippen LogP contribution in [-0.2, 0) is 16.0 Å². The lowest BCUT2D eigenvalue weighted by Crippen LogP contribution is -2.56. The summed E-state index contributed by atoms with van der Waals surface area (Å²) in [5.74, 6) is -0.832. The monoisotopic (exact) mass is 433 g/mol. The van der Waals surface area contributed by atoms with Crippen LogP contribution in [0.5, 0.6) is 11.5 Å². The second kappa shape index (κ2) is 10.1. The molecular weight excluding hydrogens is 408 g/mol. The molecule has 0 aromatic heterocycles. The second-order valence-corrected chi connectivity index (χ2v) is 7.23. The predicted octanol–water partition coefficient (Wildman–Crippen LogP) is 2.43. The van der Waals surface area contributed by atoms with Gasteiger partial charge in [0.2, 0.25) is 11.8 Å². The molecule has 9 heteroatoms. The first-order valence-electron chi connectivity index (χ1n) is 9.87. The predicted molar refractivity (Wildman–Crippen MR) is 111 cm³/mol. The van der Waals surface area contributed by atoms with Gasteiger partial charge in [0.25, 0.3) is 0 Å². The first-order chi connectivity index (χ1) is 14.9. The molecule has 166 valence electrons. The number of primary amides is 1. The largest absolute Gasteiger partial charge is 0.493 e. The molecule has 0 aliphatic carbocycles. The Bertz CT molecular complexity index is 911. The van der Waals surface area contributed by atoms with E-state index in [0.717, 1.165) is 5.56 Å². The first kappa shape index (κ1) is 22.3. The van der Waals surface area contributed by atoms with E-state index in [1.807, 2.05) is 35.2 Å². The first-order valence-corrected chi connectivity index (χ1v) is 9.87. The lowest BCUT2D eigenvalue weighted by molar-refractivity contribution is -0.137. The van der Waals surface area contributed by atoms with Gasteiger partial charge in [0.05, 0.1) is 13.2 Å². The number of hydrogen-bond donors (Lipinski definition) is 1. The number of benzene rings is 2. The van der Waals surface area contributed by atoms with E-state index in [9.17, 15) is 18.4 Å². The van der Waals surface area contributed by atoms with Crippen LogP contribution in [0.2, 0.25) is 0 Å². The van der Waals surface area contributed by atoms with E-state index in [-0.39, 0.29) is 29.9 Å². The van der Waals surface area contributed by atoms with Crippen LogP contribution in [-0.4, -0.2) is 56.1 Å². The Morgan fingerprint density at radius 2 is 1.87 bits per heavy atom. The third kappa shape index (κ3) is 5.84. The van der Waals surface area contributed by atoms with Crippen LogP contribution >= 0.6 is 0 Å². The average Bonchev–Trinajstić information content (AvgIpc) is 2.73. The van der Waals surface area contributed by atoms with E-state index in [1.54, 1.807) is 17.0 Å². The van der Waals surface area contributed by atoms with Crippen LogP contribution in [0.4, 0.5) is 14.5 Å². The lowest BCUT2D eigenvalue weighted by Gasteiger charge is -2.42. The zero-order chi connectivity index (χ0) is 22.4. The highest BCUT2D eigenvalue weighted by Gasteiger charge is 2.31. The fourth-order valence-electron chi connectivity index (χ4n) is 3.78. The van der Waals surface area contributed by atoms with Crippen LogP contribution in [0, 0.1) is 0 Å². The van der Waals surface area contributed by atoms with Gasteiger partial charge in [-0.3, -0.25) is 9.59 Å². The molecule has 0 spiro atoms. The average molecular weight is 433 g/mol. The Hall–Kier alpha value is -3.36. The molecule has 1 fully saturated rings. The fraction of sp³-hybridized carbons (Fsp3) is 0.364. The van der Waals surface area contributed by atoms with Crippen LogP contribution in [0.25, 0.3) is 0 Å². The summed E-state index contributed by atoms with van der Waals surface area (Å²) in [5, 5.41) is 0. The van der Waals surface area contributed by atoms with Crippen molar-refractivity contribution in [1.82, 2.24) is 4.90 Å². The molecule has 2 N–H and O–H groups in total. The number of nitrogens with two attached hydrogens (primary N) is 1. The Morgan fingerprint density at radius 3 is 2.52 bits per heavy atom. The van der Waals surface area contributed by atoms with E-state index in [0.29, 0.717) is 31.7 Å². The van der Waals surface area contributed by atoms with Gasteiger partial charge in [-0.1, -0.05) is 30.3 Å². The summed E-state index contributed by atoms with van der Waals surface area (Å²) >= 11 is 0. The van der Waals surface area contributed by atoms with E-state index in [2.05, 4.69) is 4.74 Å². The van der Waals surface area contributed by atoms with Crippen LogP contribution in [0.15, 0.2) is 48.5 Å². The SMILES string of the molecule is COc1ccc(N2CCN(C(=O)CC(N)=O)C(Cc3ccccc3)C2)cc1OC(F)F. The number of halogens is 2. The van der Waals surface area contributed by atoms with Crippen molar-refractivity contribution in [1.29, 1.82) is 0 Å². The van der Waals surface area contributed by atoms with Crippen molar-refractivity contribution < 1.29 is 27.8 Å². The Kier molecular flexibility index (Phi) is 7.28. The minimum atomic E-state index is -2.97. The molecule has 3 rings (SSSR count). The van der Waals surface area contributed by atoms with Gasteiger partial charge in [-0.05, 0) is 24.1 Å². The summed E-state index contributed by atoms with van der Waals surface area (Å²) < 4.78 is 35.3. The van der Waals surface area contributed by atoms with Gasteiger partial charge < -0.3 is 25.0 Å². The van der Waals surface area contributed by atoms with Crippen LogP contribution in [0.3, 0.4) is 0 Å². The molecule has 1 saturated heterocycles. The topological polar surface area (TPSA) is 85.1 Å². The maximum atomic E-state index is 12.8. The van der Waals surface area contributed by atoms with Crippen molar-refractivity contribution in [2.75, 3.05) is 31.6 Å². The maximum Gasteiger partial charge on any atom is 0.387 e. The zero-order valence-electron chi connectivity index (χ0n) is 17.2. The molecular formula is C22H25F2N3O4. The van der Waals surface area contributed by atoms with Crippen molar-refractivity contribution in [2.45, 2.75) is 25.5 Å². The molecule has 0 radical (unpaired) electrons. The highest BCUT2D eigenvalue weighted by atomic mass is 19.3. The fourth-order valence-corrected chi connectivity index (χ4v) is 3.78. The molecule has 1 atom stereocenters. The van der Waals surface area contributed by atoms with Gasteiger partial charge in [0.15, 0.2) is 11.5 Å². The lowest BCUT2D eigenvalue weighted by atomic mass is 10.0. The number of alkyl halides is 2. The number of hydrogen-bond acceptors (Lipinski definition) is 5. The van der Waals surface area contributed by atoms with Gasteiger partial charge in [-0.2, -0.15) is 8.78 Å². The summed E-state index contributed by atoms with van der Waals surface area (Å²) in [6, 6.07) is 14.3. The Labute approximate surface area is 179 Å². The molecule has 31 heavy (non-hydrogen) atoms. The van der Waals surface area contributed by atoms with Crippen molar-refractivity contribution in [3.05, 3.63) is 54.1 Å². The number of methoxy groups -OCH3 is 1. The summed E-state index contributed by atoms with van der Waals surface area (Å²) in [7, 11) is 1.38.